The second-order valence-corrected chi connectivity index (χ2v) is 7.79. The van der Waals surface area contributed by atoms with Crippen LogP contribution in [0.25, 0.3) is 10.8 Å². The predicted octanol–water partition coefficient (Wildman–Crippen LogP) is 8.64. The Bertz CT molecular complexity index is 1040. The highest BCUT2D eigenvalue weighted by atomic mass is 19.4. The third-order valence-corrected chi connectivity index (χ3v) is 5.34. The van der Waals surface area contributed by atoms with E-state index in [0.29, 0.717) is 6.07 Å². The van der Waals surface area contributed by atoms with E-state index in [1.54, 1.807) is 12.1 Å². The predicted molar refractivity (Wildman–Crippen MR) is 112 cm³/mol. The number of hydrogen-bond donors (Lipinski definition) is 0. The third-order valence-electron chi connectivity index (χ3n) is 5.34. The lowest BCUT2D eigenvalue weighted by atomic mass is 10.0. The molecule has 0 saturated heterocycles. The lowest BCUT2D eigenvalue weighted by Gasteiger charge is -2.19. The van der Waals surface area contributed by atoms with Crippen molar-refractivity contribution in [1.82, 2.24) is 0 Å². The monoisotopic (exact) mass is 454 g/mol. The Morgan fingerprint density at radius 2 is 1.47 bits per heavy atom. The van der Waals surface area contributed by atoms with E-state index in [0.717, 1.165) is 61.9 Å². The van der Waals surface area contributed by atoms with Gasteiger partial charge in [-0.3, -0.25) is 0 Å². The van der Waals surface area contributed by atoms with Crippen molar-refractivity contribution < 1.29 is 31.1 Å². The van der Waals surface area contributed by atoms with Crippen LogP contribution in [0.3, 0.4) is 0 Å². The minimum atomic E-state index is -4.85. The quantitative estimate of drug-likeness (QED) is 0.232. The van der Waals surface area contributed by atoms with E-state index in [1.165, 1.54) is 18.6 Å². The van der Waals surface area contributed by atoms with Gasteiger partial charge >= 0.3 is 12.3 Å². The van der Waals surface area contributed by atoms with E-state index in [4.69, 9.17) is 4.74 Å². The fourth-order valence-electron chi connectivity index (χ4n) is 3.56. The van der Waals surface area contributed by atoms with E-state index >= 15 is 0 Å². The number of unbranched alkanes of at least 4 members (excludes halogenated alkanes) is 4. The van der Waals surface area contributed by atoms with Crippen LogP contribution in [0.15, 0.2) is 54.6 Å². The molecular formula is C25H24F6O. The SMILES string of the molecule is CCCCCCCc1ccc(C(F)(F)Oc2ccc3c(F)c(C(F)(F)F)ccc3c2)cc1. The van der Waals surface area contributed by atoms with Crippen molar-refractivity contribution in [3.8, 4) is 5.75 Å². The molecule has 0 aliphatic carbocycles. The van der Waals surface area contributed by atoms with Gasteiger partial charge in [0.1, 0.15) is 11.6 Å². The first-order valence-corrected chi connectivity index (χ1v) is 10.6. The van der Waals surface area contributed by atoms with Gasteiger partial charge in [0, 0.05) is 5.39 Å². The van der Waals surface area contributed by atoms with Crippen LogP contribution in [-0.2, 0) is 18.7 Å². The van der Waals surface area contributed by atoms with Crippen molar-refractivity contribution in [1.29, 1.82) is 0 Å². The minimum absolute atomic E-state index is 0.0298. The van der Waals surface area contributed by atoms with Crippen molar-refractivity contribution in [3.05, 3.63) is 77.1 Å². The number of fused-ring (bicyclic) bond motifs is 1. The van der Waals surface area contributed by atoms with Gasteiger partial charge in [0.2, 0.25) is 0 Å². The molecule has 0 fully saturated rings. The van der Waals surface area contributed by atoms with Gasteiger partial charge in [-0.05, 0) is 60.2 Å². The standard InChI is InChI=1S/C25H24F6O/c1-2-3-4-5-6-7-17-8-11-19(12-9-17)25(30,31)32-20-13-14-21-18(16-20)10-15-22(23(21)26)24(27,28)29/h8-16H,2-7H2,1H3. The van der Waals surface area contributed by atoms with Crippen molar-refractivity contribution in [2.75, 3.05) is 0 Å². The maximum absolute atomic E-state index is 14.6. The van der Waals surface area contributed by atoms with Crippen molar-refractivity contribution >= 4 is 10.8 Å². The van der Waals surface area contributed by atoms with Gasteiger partial charge in [-0.25, -0.2) is 4.39 Å². The Balaban J connectivity index is 1.71. The second kappa shape index (κ2) is 9.84. The molecule has 0 heterocycles. The van der Waals surface area contributed by atoms with Crippen LogP contribution in [0.5, 0.6) is 5.75 Å². The molecular weight excluding hydrogens is 430 g/mol. The Labute approximate surface area is 183 Å². The van der Waals surface area contributed by atoms with Crippen LogP contribution in [0.4, 0.5) is 26.3 Å². The molecule has 0 amide bonds. The number of benzene rings is 3. The number of halogens is 6. The van der Waals surface area contributed by atoms with Crippen LogP contribution < -0.4 is 4.74 Å². The third kappa shape index (κ3) is 5.75. The van der Waals surface area contributed by atoms with E-state index in [2.05, 4.69) is 6.92 Å². The summed E-state index contributed by atoms with van der Waals surface area (Å²) in [5.41, 5.74) is -0.789. The van der Waals surface area contributed by atoms with Crippen LogP contribution in [0, 0.1) is 5.82 Å². The number of hydrogen-bond acceptors (Lipinski definition) is 1. The summed E-state index contributed by atoms with van der Waals surface area (Å²) >= 11 is 0. The zero-order valence-corrected chi connectivity index (χ0v) is 17.6. The Morgan fingerprint density at radius 3 is 2.12 bits per heavy atom. The van der Waals surface area contributed by atoms with Gasteiger partial charge in [0.15, 0.2) is 0 Å². The van der Waals surface area contributed by atoms with Gasteiger partial charge in [-0.2, -0.15) is 22.0 Å². The highest BCUT2D eigenvalue weighted by molar-refractivity contribution is 5.85. The average molecular weight is 454 g/mol. The summed E-state index contributed by atoms with van der Waals surface area (Å²) in [6, 6.07) is 10.6. The first-order chi connectivity index (χ1) is 15.1. The topological polar surface area (TPSA) is 9.23 Å². The molecule has 0 aromatic heterocycles. The molecule has 0 bridgehead atoms. The molecule has 3 aromatic carbocycles. The molecule has 32 heavy (non-hydrogen) atoms. The zero-order chi connectivity index (χ0) is 23.4. The Kier molecular flexibility index (Phi) is 7.36. The van der Waals surface area contributed by atoms with Crippen molar-refractivity contribution in [2.45, 2.75) is 57.7 Å². The van der Waals surface area contributed by atoms with Crippen molar-refractivity contribution in [2.24, 2.45) is 0 Å². The molecule has 0 unspecified atom stereocenters. The molecule has 3 rings (SSSR count). The summed E-state index contributed by atoms with van der Waals surface area (Å²) in [6.07, 6.45) is -2.09. The van der Waals surface area contributed by atoms with Gasteiger partial charge < -0.3 is 4.74 Å². The number of rotatable bonds is 9. The summed E-state index contributed by atoms with van der Waals surface area (Å²) in [7, 11) is 0. The summed E-state index contributed by atoms with van der Waals surface area (Å²) in [6.45, 7) is 2.14. The lowest BCUT2D eigenvalue weighted by molar-refractivity contribution is -0.185. The molecule has 7 heteroatoms. The van der Waals surface area contributed by atoms with Gasteiger partial charge in [0.05, 0.1) is 11.1 Å². The molecule has 0 N–H and O–H groups in total. The fraction of sp³-hybridized carbons (Fsp3) is 0.360. The normalized spacial score (nSPS) is 12.3. The van der Waals surface area contributed by atoms with Crippen LogP contribution >= 0.6 is 0 Å². The smallest absolute Gasteiger partial charge is 0.426 e. The molecule has 0 saturated carbocycles. The lowest BCUT2D eigenvalue weighted by Crippen LogP contribution is -2.21. The Morgan fingerprint density at radius 1 is 0.781 bits per heavy atom. The van der Waals surface area contributed by atoms with E-state index in [9.17, 15) is 26.3 Å². The minimum Gasteiger partial charge on any atom is -0.429 e. The van der Waals surface area contributed by atoms with Crippen LogP contribution in [0.2, 0.25) is 0 Å². The van der Waals surface area contributed by atoms with E-state index < -0.39 is 23.7 Å². The second-order valence-electron chi connectivity index (χ2n) is 7.79. The molecule has 172 valence electrons. The molecule has 3 aromatic rings. The number of alkyl halides is 5. The molecule has 0 atom stereocenters. The first-order valence-electron chi connectivity index (χ1n) is 10.6. The molecule has 0 radical (unpaired) electrons. The molecule has 0 spiro atoms. The fourth-order valence-corrected chi connectivity index (χ4v) is 3.56. The van der Waals surface area contributed by atoms with E-state index in [-0.39, 0.29) is 22.1 Å². The number of aryl methyl sites for hydroxylation is 1. The average Bonchev–Trinajstić information content (AvgIpc) is 2.73. The number of ether oxygens (including phenoxy) is 1. The highest BCUT2D eigenvalue weighted by Gasteiger charge is 2.36. The Hall–Kier alpha value is -2.70. The molecule has 0 aliphatic rings. The highest BCUT2D eigenvalue weighted by Crippen LogP contribution is 2.37. The van der Waals surface area contributed by atoms with Crippen LogP contribution in [0.1, 0.15) is 55.7 Å². The van der Waals surface area contributed by atoms with Gasteiger partial charge in [0.25, 0.3) is 0 Å². The van der Waals surface area contributed by atoms with E-state index in [1.807, 2.05) is 0 Å². The maximum atomic E-state index is 14.6. The van der Waals surface area contributed by atoms with Gasteiger partial charge in [-0.15, -0.1) is 0 Å². The first kappa shape index (κ1) is 24.0. The van der Waals surface area contributed by atoms with Crippen LogP contribution in [-0.4, -0.2) is 0 Å². The maximum Gasteiger partial charge on any atom is 0.426 e. The summed E-state index contributed by atoms with van der Waals surface area (Å²) < 4.78 is 86.8. The zero-order valence-electron chi connectivity index (χ0n) is 17.6. The summed E-state index contributed by atoms with van der Waals surface area (Å²) in [5, 5.41) is -0.291. The molecule has 1 nitrogen and oxygen atoms in total. The largest absolute Gasteiger partial charge is 0.429 e. The van der Waals surface area contributed by atoms with Crippen molar-refractivity contribution in [3.63, 3.8) is 0 Å². The molecule has 0 aliphatic heterocycles. The van der Waals surface area contributed by atoms with Gasteiger partial charge in [-0.1, -0.05) is 50.8 Å². The summed E-state index contributed by atoms with van der Waals surface area (Å²) in [4.78, 5) is 0. The summed E-state index contributed by atoms with van der Waals surface area (Å²) in [5.74, 6) is -1.72.